The van der Waals surface area contributed by atoms with Crippen molar-refractivity contribution >= 4 is 5.97 Å². The summed E-state index contributed by atoms with van der Waals surface area (Å²) in [6, 6.07) is 3.64. The van der Waals surface area contributed by atoms with Crippen molar-refractivity contribution in [2.75, 3.05) is 6.61 Å². The van der Waals surface area contributed by atoms with Crippen LogP contribution in [0, 0.1) is 0 Å². The minimum Gasteiger partial charge on any atom is -0.479 e. The van der Waals surface area contributed by atoms with Crippen LogP contribution in [0.1, 0.15) is 18.5 Å². The highest BCUT2D eigenvalue weighted by Crippen LogP contribution is 2.36. The van der Waals surface area contributed by atoms with Gasteiger partial charge in [0.25, 0.3) is 0 Å². The standard InChI is InChI=1S/C10H13NO3/c1-11-6-2-4-8(11)10(9(12)13)5-3-7-14-10/h2,4,6H,3,5,7H2,1H3,(H,12,13). The molecule has 0 radical (unpaired) electrons. The zero-order valence-electron chi connectivity index (χ0n) is 8.06. The van der Waals surface area contributed by atoms with Crippen molar-refractivity contribution in [3.8, 4) is 0 Å². The van der Waals surface area contributed by atoms with Crippen LogP contribution in [0.4, 0.5) is 0 Å². The Hall–Kier alpha value is -1.29. The van der Waals surface area contributed by atoms with E-state index in [4.69, 9.17) is 4.74 Å². The minimum atomic E-state index is -1.11. The Labute approximate surface area is 82.1 Å². The van der Waals surface area contributed by atoms with Gasteiger partial charge in [-0.1, -0.05) is 0 Å². The maximum absolute atomic E-state index is 11.2. The van der Waals surface area contributed by atoms with Gasteiger partial charge in [0.05, 0.1) is 5.69 Å². The van der Waals surface area contributed by atoms with Gasteiger partial charge in [0.1, 0.15) is 0 Å². The summed E-state index contributed by atoms with van der Waals surface area (Å²) in [5.74, 6) is -0.892. The molecule has 4 nitrogen and oxygen atoms in total. The second-order valence-electron chi connectivity index (χ2n) is 3.59. The number of ether oxygens (including phenoxy) is 1. The smallest absolute Gasteiger partial charge is 0.342 e. The van der Waals surface area contributed by atoms with Gasteiger partial charge in [-0.3, -0.25) is 0 Å². The zero-order chi connectivity index (χ0) is 10.2. The van der Waals surface area contributed by atoms with Gasteiger partial charge in [-0.2, -0.15) is 0 Å². The first-order valence-corrected chi connectivity index (χ1v) is 4.66. The second kappa shape index (κ2) is 3.13. The normalized spacial score (nSPS) is 26.6. The van der Waals surface area contributed by atoms with E-state index in [-0.39, 0.29) is 0 Å². The van der Waals surface area contributed by atoms with Gasteiger partial charge in [0, 0.05) is 19.9 Å². The molecule has 1 saturated heterocycles. The summed E-state index contributed by atoms with van der Waals surface area (Å²) >= 11 is 0. The first-order chi connectivity index (χ1) is 6.67. The van der Waals surface area contributed by atoms with E-state index >= 15 is 0 Å². The summed E-state index contributed by atoms with van der Waals surface area (Å²) in [6.45, 7) is 0.525. The number of aryl methyl sites for hydroxylation is 1. The van der Waals surface area contributed by atoms with Gasteiger partial charge in [-0.25, -0.2) is 4.79 Å². The third kappa shape index (κ3) is 1.14. The molecule has 0 aromatic carbocycles. The van der Waals surface area contributed by atoms with E-state index in [1.54, 1.807) is 10.6 Å². The van der Waals surface area contributed by atoms with Crippen molar-refractivity contribution in [1.82, 2.24) is 4.57 Å². The van der Waals surface area contributed by atoms with Crippen LogP contribution >= 0.6 is 0 Å². The molecule has 0 bridgehead atoms. The molecule has 2 heterocycles. The van der Waals surface area contributed by atoms with Crippen LogP contribution in [0.3, 0.4) is 0 Å². The Morgan fingerprint density at radius 2 is 2.50 bits per heavy atom. The summed E-state index contributed by atoms with van der Waals surface area (Å²) in [4.78, 5) is 11.2. The lowest BCUT2D eigenvalue weighted by Crippen LogP contribution is -2.36. The fraction of sp³-hybridized carbons (Fsp3) is 0.500. The van der Waals surface area contributed by atoms with E-state index in [1.165, 1.54) is 0 Å². The Balaban J connectivity index is 2.46. The molecule has 1 fully saturated rings. The van der Waals surface area contributed by atoms with Gasteiger partial charge in [-0.15, -0.1) is 0 Å². The van der Waals surface area contributed by atoms with Gasteiger partial charge in [-0.05, 0) is 25.0 Å². The molecule has 14 heavy (non-hydrogen) atoms. The summed E-state index contributed by atoms with van der Waals surface area (Å²) in [5.41, 5.74) is -0.388. The van der Waals surface area contributed by atoms with Crippen molar-refractivity contribution in [3.05, 3.63) is 24.0 Å². The molecule has 1 aromatic heterocycles. The number of nitrogens with zero attached hydrogens (tertiary/aromatic N) is 1. The van der Waals surface area contributed by atoms with Crippen molar-refractivity contribution in [3.63, 3.8) is 0 Å². The van der Waals surface area contributed by atoms with E-state index in [9.17, 15) is 9.90 Å². The lowest BCUT2D eigenvalue weighted by molar-refractivity contribution is -0.162. The lowest BCUT2D eigenvalue weighted by atomic mass is 9.96. The van der Waals surface area contributed by atoms with Crippen LogP contribution in [0.25, 0.3) is 0 Å². The quantitative estimate of drug-likeness (QED) is 0.769. The van der Waals surface area contributed by atoms with Crippen molar-refractivity contribution in [1.29, 1.82) is 0 Å². The summed E-state index contributed by atoms with van der Waals surface area (Å²) in [5, 5.41) is 9.22. The second-order valence-corrected chi connectivity index (χ2v) is 3.59. The van der Waals surface area contributed by atoms with E-state index in [0.29, 0.717) is 13.0 Å². The van der Waals surface area contributed by atoms with Gasteiger partial charge < -0.3 is 14.4 Å². The highest BCUT2D eigenvalue weighted by Gasteiger charge is 2.46. The van der Waals surface area contributed by atoms with Crippen LogP contribution in [0.2, 0.25) is 0 Å². The van der Waals surface area contributed by atoms with E-state index in [0.717, 1.165) is 12.1 Å². The molecule has 1 atom stereocenters. The first kappa shape index (κ1) is 9.27. The van der Waals surface area contributed by atoms with Crippen LogP contribution in [0.15, 0.2) is 18.3 Å². The number of hydrogen-bond donors (Lipinski definition) is 1. The summed E-state index contributed by atoms with van der Waals surface area (Å²) in [6.07, 6.45) is 3.19. The maximum atomic E-state index is 11.2. The SMILES string of the molecule is Cn1cccc1C1(C(=O)O)CCCO1. The number of hydrogen-bond acceptors (Lipinski definition) is 2. The van der Waals surface area contributed by atoms with Crippen molar-refractivity contribution in [2.45, 2.75) is 18.4 Å². The number of carbonyl (C=O) groups is 1. The monoisotopic (exact) mass is 195 g/mol. The van der Waals surface area contributed by atoms with Crippen molar-refractivity contribution in [2.24, 2.45) is 7.05 Å². The number of aromatic nitrogens is 1. The lowest BCUT2D eigenvalue weighted by Gasteiger charge is -2.23. The van der Waals surface area contributed by atoms with Crippen LogP contribution in [-0.4, -0.2) is 22.2 Å². The Bertz CT molecular complexity index is 350. The molecule has 1 aromatic rings. The molecule has 0 aliphatic carbocycles. The molecule has 1 N–H and O–H groups in total. The molecular formula is C10H13NO3. The highest BCUT2D eigenvalue weighted by molar-refractivity contribution is 5.79. The van der Waals surface area contributed by atoms with E-state index < -0.39 is 11.6 Å². The minimum absolute atomic E-state index is 0.525. The van der Waals surface area contributed by atoms with Crippen LogP contribution in [-0.2, 0) is 22.2 Å². The number of rotatable bonds is 2. The summed E-state index contributed by atoms with van der Waals surface area (Å²) in [7, 11) is 1.84. The fourth-order valence-electron chi connectivity index (χ4n) is 2.00. The third-order valence-corrected chi connectivity index (χ3v) is 2.72. The predicted octanol–water partition coefficient (Wildman–Crippen LogP) is 1.12. The van der Waals surface area contributed by atoms with Crippen LogP contribution < -0.4 is 0 Å². The molecule has 0 amide bonds. The number of aliphatic carboxylic acids is 1. The molecule has 4 heteroatoms. The molecule has 0 spiro atoms. The Morgan fingerprint density at radius 1 is 1.71 bits per heavy atom. The van der Waals surface area contributed by atoms with E-state index in [1.807, 2.05) is 19.3 Å². The Morgan fingerprint density at radius 3 is 2.93 bits per heavy atom. The number of carboxylic acids is 1. The average Bonchev–Trinajstić information content (AvgIpc) is 2.72. The topological polar surface area (TPSA) is 51.5 Å². The molecule has 0 saturated carbocycles. The van der Waals surface area contributed by atoms with Crippen LogP contribution in [0.5, 0.6) is 0 Å². The largest absolute Gasteiger partial charge is 0.479 e. The van der Waals surface area contributed by atoms with Gasteiger partial charge in [0.15, 0.2) is 0 Å². The van der Waals surface area contributed by atoms with Gasteiger partial charge in [0.2, 0.25) is 5.60 Å². The predicted molar refractivity (Wildman–Crippen MR) is 49.9 cm³/mol. The summed E-state index contributed by atoms with van der Waals surface area (Å²) < 4.78 is 7.21. The Kier molecular flexibility index (Phi) is 2.07. The molecule has 1 unspecified atom stereocenters. The average molecular weight is 195 g/mol. The zero-order valence-corrected chi connectivity index (χ0v) is 8.06. The molecule has 1 aliphatic heterocycles. The first-order valence-electron chi connectivity index (χ1n) is 4.66. The number of carboxylic acid groups (broad SMARTS) is 1. The molecule has 2 rings (SSSR count). The molecular weight excluding hydrogens is 182 g/mol. The highest BCUT2D eigenvalue weighted by atomic mass is 16.5. The third-order valence-electron chi connectivity index (χ3n) is 2.72. The van der Waals surface area contributed by atoms with Crippen molar-refractivity contribution < 1.29 is 14.6 Å². The molecule has 1 aliphatic rings. The molecule has 76 valence electrons. The van der Waals surface area contributed by atoms with Gasteiger partial charge >= 0.3 is 5.97 Å². The fourth-order valence-corrected chi connectivity index (χ4v) is 2.00. The van der Waals surface area contributed by atoms with E-state index in [2.05, 4.69) is 0 Å². The maximum Gasteiger partial charge on any atom is 0.342 e.